The van der Waals surface area contributed by atoms with E-state index in [-0.39, 0.29) is 0 Å². The molecule has 38 valence electrons. The van der Waals surface area contributed by atoms with E-state index in [2.05, 4.69) is 0 Å². The van der Waals surface area contributed by atoms with E-state index < -0.39 is 0 Å². The molecule has 0 heterocycles. The van der Waals surface area contributed by atoms with Gasteiger partial charge in [-0.2, -0.15) is 0 Å². The molecule has 0 N–H and O–H groups in total. The molecule has 0 nitrogen and oxygen atoms in total. The number of allylic oxidation sites excluding steroid dienone is 3. The van der Waals surface area contributed by atoms with E-state index in [1.807, 2.05) is 23.5 Å². The first-order valence-corrected chi connectivity index (χ1v) is 3.67. The Labute approximate surface area is 55.3 Å². The van der Waals surface area contributed by atoms with Crippen molar-refractivity contribution in [1.29, 1.82) is 0 Å². The van der Waals surface area contributed by atoms with Crippen molar-refractivity contribution in [3.63, 3.8) is 0 Å². The van der Waals surface area contributed by atoms with Crippen LogP contribution in [-0.2, 0) is 19.4 Å². The number of hydrogen-bond acceptors (Lipinski definition) is 0. The summed E-state index contributed by atoms with van der Waals surface area (Å²) in [6.45, 7) is 7.17. The molecule has 0 fully saturated rings. The summed E-state index contributed by atoms with van der Waals surface area (Å²) in [5.41, 5.74) is 0.859. The van der Waals surface area contributed by atoms with Crippen LogP contribution in [-0.4, -0.2) is 4.40 Å². The Morgan fingerprint density at radius 1 is 1.71 bits per heavy atom. The molecular weight excluding hydrogens is 256 g/mol. The van der Waals surface area contributed by atoms with Crippen LogP contribution in [0.2, 0.25) is 0 Å². The first-order valence-electron chi connectivity index (χ1n) is 1.98. The monoisotopic (exact) mass is 263 g/mol. The average Bonchev–Trinajstić information content (AvgIpc) is 1.61. The molecule has 0 radical (unpaired) electrons. The predicted molar refractivity (Wildman–Crippen MR) is 28.7 cm³/mol. The van der Waals surface area contributed by atoms with Gasteiger partial charge in [0.05, 0.1) is 0 Å². The van der Waals surface area contributed by atoms with E-state index in [0.29, 0.717) is 0 Å². The van der Waals surface area contributed by atoms with Gasteiger partial charge in [0.25, 0.3) is 0 Å². The molecule has 0 spiro atoms. The fourth-order valence-corrected chi connectivity index (χ4v) is 0.473. The van der Waals surface area contributed by atoms with Gasteiger partial charge in [-0.05, 0) is 0 Å². The average molecular weight is 263 g/mol. The maximum absolute atomic E-state index is 5.30. The minimum absolute atomic E-state index is 0.859. The molecule has 0 atom stereocenters. The summed E-state index contributed by atoms with van der Waals surface area (Å²) in [4.78, 5) is 0. The quantitative estimate of drug-likeness (QED) is 0.520. The van der Waals surface area contributed by atoms with Crippen molar-refractivity contribution >= 4 is 4.40 Å². The van der Waals surface area contributed by atoms with Crippen molar-refractivity contribution < 1.29 is 19.4 Å². The molecule has 0 aromatic rings. The molecule has 0 aromatic carbocycles. The van der Waals surface area contributed by atoms with Crippen molar-refractivity contribution in [3.8, 4) is 0 Å². The van der Waals surface area contributed by atoms with E-state index in [4.69, 9.17) is 6.58 Å². The molecule has 0 rings (SSSR count). The van der Waals surface area contributed by atoms with Gasteiger partial charge < -0.3 is 0 Å². The summed E-state index contributed by atoms with van der Waals surface area (Å²) in [6, 6.07) is 0. The van der Waals surface area contributed by atoms with E-state index >= 15 is 0 Å². The fraction of sp³-hybridized carbons (Fsp3) is 0.167. The van der Waals surface area contributed by atoms with Crippen molar-refractivity contribution in [2.75, 3.05) is 0 Å². The van der Waals surface area contributed by atoms with E-state index in [1.54, 1.807) is 0 Å². The summed E-state index contributed by atoms with van der Waals surface area (Å²) in [6.07, 6.45) is 3.83. The Kier molecular flexibility index (Phi) is 4.23. The van der Waals surface area contributed by atoms with Gasteiger partial charge >= 0.3 is 55.0 Å². The van der Waals surface area contributed by atoms with Crippen LogP contribution in [0.4, 0.5) is 0 Å². The van der Waals surface area contributed by atoms with Crippen LogP contribution in [0, 0.1) is 6.58 Å². The van der Waals surface area contributed by atoms with Gasteiger partial charge in [0.1, 0.15) is 0 Å². The van der Waals surface area contributed by atoms with Gasteiger partial charge in [0.2, 0.25) is 0 Å². The van der Waals surface area contributed by atoms with Crippen LogP contribution in [0.5, 0.6) is 0 Å². The van der Waals surface area contributed by atoms with Gasteiger partial charge in [-0.25, -0.2) is 0 Å². The van der Waals surface area contributed by atoms with Crippen LogP contribution in [0.25, 0.3) is 0 Å². The predicted octanol–water partition coefficient (Wildman–Crippen LogP) is 1.27. The Balaban J connectivity index is 3.46. The van der Waals surface area contributed by atoms with Gasteiger partial charge in [0, 0.05) is 0 Å². The minimum atomic E-state index is 0.859. The molecule has 0 bridgehead atoms. The molecule has 0 aliphatic carbocycles. The van der Waals surface area contributed by atoms with Crippen molar-refractivity contribution in [2.45, 2.75) is 6.92 Å². The van der Waals surface area contributed by atoms with Crippen LogP contribution < -0.4 is 0 Å². The molecule has 0 unspecified atom stereocenters. The van der Waals surface area contributed by atoms with Gasteiger partial charge in [-0.1, -0.05) is 0 Å². The van der Waals surface area contributed by atoms with E-state index in [0.717, 1.165) is 5.57 Å². The van der Waals surface area contributed by atoms with Gasteiger partial charge in [0.15, 0.2) is 0 Å². The van der Waals surface area contributed by atoms with Crippen LogP contribution in [0.3, 0.4) is 0 Å². The normalized spacial score (nSPS) is 9.29. The molecule has 0 aromatic heterocycles. The molecule has 0 aliphatic rings. The van der Waals surface area contributed by atoms with Crippen molar-refractivity contribution in [1.82, 2.24) is 0 Å². The molecule has 1 heteroatoms. The first kappa shape index (κ1) is 7.04. The zero-order valence-corrected chi connectivity index (χ0v) is 7.15. The van der Waals surface area contributed by atoms with Gasteiger partial charge in [-0.15, -0.1) is 0 Å². The SMILES string of the molecule is [CH-]=C(C)/C=C\[CH]=[W]. The zero-order valence-electron chi connectivity index (χ0n) is 4.22. The van der Waals surface area contributed by atoms with E-state index in [1.165, 1.54) is 19.4 Å². The number of rotatable bonds is 2. The second kappa shape index (κ2) is 4.20. The molecule has 0 saturated carbocycles. The Hall–Kier alpha value is 0.0383. The topological polar surface area (TPSA) is 0 Å². The third kappa shape index (κ3) is 6.04. The summed E-state index contributed by atoms with van der Waals surface area (Å²) >= 11 is 1.45. The molecular formula is C6H7W-. The number of hydrogen-bond donors (Lipinski definition) is 0. The molecule has 7 heavy (non-hydrogen) atoms. The third-order valence-electron chi connectivity index (χ3n) is 0.438. The maximum atomic E-state index is 5.30. The Bertz CT molecular complexity index is 101. The summed E-state index contributed by atoms with van der Waals surface area (Å²) in [5.74, 6) is 0. The third-order valence-corrected chi connectivity index (χ3v) is 1.00. The van der Waals surface area contributed by atoms with Crippen LogP contribution in [0.15, 0.2) is 17.7 Å². The molecule has 0 saturated heterocycles. The van der Waals surface area contributed by atoms with Crippen molar-refractivity contribution in [3.05, 3.63) is 24.3 Å². The molecule has 0 amide bonds. The first-order chi connectivity index (χ1) is 3.27. The zero-order chi connectivity index (χ0) is 5.70. The van der Waals surface area contributed by atoms with Crippen LogP contribution in [0.1, 0.15) is 6.92 Å². The standard InChI is InChI=1S/C6H7.W/c1-4-5-6(2)3;/h1-2,4-5H,3H3;/q-1;/b5-4-;. The second-order valence-corrected chi connectivity index (χ2v) is 2.22. The Morgan fingerprint density at radius 2 is 2.29 bits per heavy atom. The fourth-order valence-electron chi connectivity index (χ4n) is 0.191. The Morgan fingerprint density at radius 3 is 2.43 bits per heavy atom. The van der Waals surface area contributed by atoms with Crippen LogP contribution >= 0.6 is 0 Å². The second-order valence-electron chi connectivity index (χ2n) is 1.24. The van der Waals surface area contributed by atoms with Crippen molar-refractivity contribution in [2.24, 2.45) is 0 Å². The summed E-state index contributed by atoms with van der Waals surface area (Å²) in [5, 5.41) is 0. The van der Waals surface area contributed by atoms with E-state index in [9.17, 15) is 0 Å². The summed E-state index contributed by atoms with van der Waals surface area (Å²) in [7, 11) is 0. The van der Waals surface area contributed by atoms with Gasteiger partial charge in [-0.3, -0.25) is 0 Å². The molecule has 0 aliphatic heterocycles. The summed E-state index contributed by atoms with van der Waals surface area (Å²) < 4.78 is 2.02.